The van der Waals surface area contributed by atoms with E-state index in [0.29, 0.717) is 10.3 Å². The van der Waals surface area contributed by atoms with Crippen molar-refractivity contribution in [1.82, 2.24) is 9.97 Å². The molecule has 0 amide bonds. The van der Waals surface area contributed by atoms with E-state index in [1.807, 2.05) is 0 Å². The number of aromatic nitrogens is 2. The second-order valence-corrected chi connectivity index (χ2v) is 2.54. The van der Waals surface area contributed by atoms with Crippen LogP contribution in [0.5, 0.6) is 0 Å². The van der Waals surface area contributed by atoms with Crippen molar-refractivity contribution >= 4 is 21.7 Å². The van der Waals surface area contributed by atoms with Crippen LogP contribution in [0.4, 0.5) is 4.39 Å². The molecule has 2 heterocycles. The molecule has 0 N–H and O–H groups in total. The Hall–Kier alpha value is -1.03. The van der Waals surface area contributed by atoms with E-state index in [1.165, 1.54) is 17.4 Å². The normalized spacial score (nSPS) is 10.5. The summed E-state index contributed by atoms with van der Waals surface area (Å²) < 4.78 is 12.4. The highest BCUT2D eigenvalue weighted by Crippen LogP contribution is 2.13. The average Bonchev–Trinajstić information content (AvgIpc) is 2.33. The summed E-state index contributed by atoms with van der Waals surface area (Å²) in [5.41, 5.74) is 3.33. The Bertz CT molecular complexity index is 357. The quantitative estimate of drug-likeness (QED) is 0.537. The fourth-order valence-corrected chi connectivity index (χ4v) is 1.27. The maximum atomic E-state index is 12.4. The van der Waals surface area contributed by atoms with Gasteiger partial charge in [-0.3, -0.25) is 0 Å². The predicted octanol–water partition coefficient (Wildman–Crippen LogP) is 1.63. The largest absolute Gasteiger partial charge is 0.232 e. The topological polar surface area (TPSA) is 25.8 Å². The van der Waals surface area contributed by atoms with Crippen LogP contribution in [0.3, 0.4) is 0 Å². The minimum Gasteiger partial charge on any atom is -0.232 e. The highest BCUT2D eigenvalue weighted by molar-refractivity contribution is 7.15. The standard InChI is InChI=1S/C6H2FN2S/c7-5-2-1-4-6(9-5)10-3-8-4/h1-2H. The maximum Gasteiger partial charge on any atom is 0.214 e. The van der Waals surface area contributed by atoms with Gasteiger partial charge in [0.25, 0.3) is 0 Å². The Kier molecular flexibility index (Phi) is 1.14. The molecule has 0 saturated carbocycles. The van der Waals surface area contributed by atoms with Crippen LogP contribution in [0.25, 0.3) is 10.3 Å². The average molecular weight is 153 g/mol. The van der Waals surface area contributed by atoms with Crippen LogP contribution < -0.4 is 0 Å². The number of rotatable bonds is 0. The van der Waals surface area contributed by atoms with Crippen molar-refractivity contribution < 1.29 is 4.39 Å². The van der Waals surface area contributed by atoms with Gasteiger partial charge in [0, 0.05) is 0 Å². The molecule has 0 fully saturated rings. The third-order valence-electron chi connectivity index (χ3n) is 1.11. The van der Waals surface area contributed by atoms with Gasteiger partial charge < -0.3 is 0 Å². The van der Waals surface area contributed by atoms with Crippen LogP contribution >= 0.6 is 11.3 Å². The molecule has 0 atom stereocenters. The van der Waals surface area contributed by atoms with Crippen molar-refractivity contribution in [3.8, 4) is 0 Å². The van der Waals surface area contributed by atoms with Gasteiger partial charge in [-0.25, -0.2) is 9.97 Å². The fourth-order valence-electron chi connectivity index (χ4n) is 0.686. The van der Waals surface area contributed by atoms with Gasteiger partial charge in [-0.15, -0.1) is 0 Å². The first-order valence-corrected chi connectivity index (χ1v) is 3.47. The third kappa shape index (κ3) is 0.769. The summed E-state index contributed by atoms with van der Waals surface area (Å²) in [7, 11) is 0. The van der Waals surface area contributed by atoms with Crippen LogP contribution in [-0.2, 0) is 0 Å². The Morgan fingerprint density at radius 3 is 3.30 bits per heavy atom. The number of halogens is 1. The summed E-state index contributed by atoms with van der Waals surface area (Å²) in [4.78, 5) is 8.02. The van der Waals surface area contributed by atoms with Crippen molar-refractivity contribution in [1.29, 1.82) is 0 Å². The molecule has 4 heteroatoms. The molecular weight excluding hydrogens is 151 g/mol. The lowest BCUT2D eigenvalue weighted by Gasteiger charge is -1.84. The molecule has 2 aromatic heterocycles. The van der Waals surface area contributed by atoms with Crippen molar-refractivity contribution in [2.24, 2.45) is 0 Å². The Morgan fingerprint density at radius 2 is 2.40 bits per heavy atom. The summed E-state index contributed by atoms with van der Waals surface area (Å²) in [6, 6.07) is 2.88. The van der Waals surface area contributed by atoms with E-state index in [-0.39, 0.29) is 0 Å². The van der Waals surface area contributed by atoms with Gasteiger partial charge in [0.2, 0.25) is 5.95 Å². The molecule has 0 aromatic carbocycles. The Balaban J connectivity index is 2.86. The van der Waals surface area contributed by atoms with Gasteiger partial charge in [-0.2, -0.15) is 4.39 Å². The number of pyridine rings is 1. The van der Waals surface area contributed by atoms with Gasteiger partial charge >= 0.3 is 0 Å². The molecule has 0 spiro atoms. The lowest BCUT2D eigenvalue weighted by molar-refractivity contribution is 0.589. The molecule has 0 bridgehead atoms. The Labute approximate surface area is 60.4 Å². The first-order valence-electron chi connectivity index (χ1n) is 2.65. The monoisotopic (exact) mass is 153 g/mol. The van der Waals surface area contributed by atoms with Crippen LogP contribution in [0.15, 0.2) is 12.1 Å². The molecule has 2 rings (SSSR count). The van der Waals surface area contributed by atoms with E-state index in [2.05, 4.69) is 15.5 Å². The summed E-state index contributed by atoms with van der Waals surface area (Å²) >= 11 is 1.21. The van der Waals surface area contributed by atoms with Gasteiger partial charge in [-0.1, -0.05) is 11.3 Å². The molecule has 0 saturated heterocycles. The number of hydrogen-bond donors (Lipinski definition) is 0. The molecule has 0 aliphatic heterocycles. The van der Waals surface area contributed by atoms with Gasteiger partial charge in [0.05, 0.1) is 0 Å². The summed E-state index contributed by atoms with van der Waals surface area (Å²) in [6.07, 6.45) is 0. The molecule has 1 radical (unpaired) electrons. The van der Waals surface area contributed by atoms with E-state index in [1.54, 1.807) is 6.07 Å². The number of hydrogen-bond acceptors (Lipinski definition) is 3. The van der Waals surface area contributed by atoms with Gasteiger partial charge in [0.15, 0.2) is 5.51 Å². The molecule has 10 heavy (non-hydrogen) atoms. The second kappa shape index (κ2) is 1.98. The van der Waals surface area contributed by atoms with Crippen molar-refractivity contribution in [2.75, 3.05) is 0 Å². The number of fused-ring (bicyclic) bond motifs is 1. The Morgan fingerprint density at radius 1 is 1.50 bits per heavy atom. The molecule has 0 aliphatic rings. The SMILES string of the molecule is Fc1ccc2n[c]sc2n1. The number of thiazole rings is 1. The summed E-state index contributed by atoms with van der Waals surface area (Å²) in [6.45, 7) is 0. The zero-order valence-electron chi connectivity index (χ0n) is 4.84. The first-order chi connectivity index (χ1) is 4.86. The molecule has 0 unspecified atom stereocenters. The summed E-state index contributed by atoms with van der Waals surface area (Å²) in [5.74, 6) is -0.467. The fraction of sp³-hybridized carbons (Fsp3) is 0. The molecular formula is C6H2FN2S. The summed E-state index contributed by atoms with van der Waals surface area (Å²) in [5, 5.41) is 0. The van der Waals surface area contributed by atoms with E-state index in [0.717, 1.165) is 0 Å². The minimum atomic E-state index is -0.467. The van der Waals surface area contributed by atoms with Crippen molar-refractivity contribution in [3.05, 3.63) is 23.6 Å². The van der Waals surface area contributed by atoms with E-state index >= 15 is 0 Å². The van der Waals surface area contributed by atoms with E-state index in [4.69, 9.17) is 0 Å². The maximum absolute atomic E-state index is 12.4. The lowest BCUT2D eigenvalue weighted by Crippen LogP contribution is -1.78. The van der Waals surface area contributed by atoms with Crippen LogP contribution in [-0.4, -0.2) is 9.97 Å². The third-order valence-corrected chi connectivity index (χ3v) is 1.79. The second-order valence-electron chi connectivity index (χ2n) is 1.76. The molecule has 0 aliphatic carbocycles. The van der Waals surface area contributed by atoms with Crippen LogP contribution in [0.1, 0.15) is 0 Å². The van der Waals surface area contributed by atoms with Gasteiger partial charge in [0.1, 0.15) is 10.3 Å². The van der Waals surface area contributed by atoms with Crippen molar-refractivity contribution in [2.45, 2.75) is 0 Å². The zero-order chi connectivity index (χ0) is 6.97. The van der Waals surface area contributed by atoms with Crippen LogP contribution in [0, 0.1) is 11.5 Å². The lowest BCUT2D eigenvalue weighted by atomic mass is 10.4. The molecule has 2 nitrogen and oxygen atoms in total. The zero-order valence-corrected chi connectivity index (χ0v) is 5.65. The molecule has 49 valence electrons. The van der Waals surface area contributed by atoms with Crippen LogP contribution in [0.2, 0.25) is 0 Å². The highest BCUT2D eigenvalue weighted by Gasteiger charge is 1.97. The minimum absolute atomic E-state index is 0.467. The first kappa shape index (κ1) is 5.73. The predicted molar refractivity (Wildman–Crippen MR) is 36.2 cm³/mol. The highest BCUT2D eigenvalue weighted by atomic mass is 32.1. The van der Waals surface area contributed by atoms with E-state index in [9.17, 15) is 4.39 Å². The van der Waals surface area contributed by atoms with Gasteiger partial charge in [-0.05, 0) is 12.1 Å². The smallest absolute Gasteiger partial charge is 0.214 e. The van der Waals surface area contributed by atoms with Crippen molar-refractivity contribution in [3.63, 3.8) is 0 Å². The van der Waals surface area contributed by atoms with E-state index < -0.39 is 5.95 Å². The number of nitrogens with zero attached hydrogens (tertiary/aromatic N) is 2. The molecule has 2 aromatic rings.